The number of hydrogen-bond donors (Lipinski definition) is 1. The van der Waals surface area contributed by atoms with Crippen molar-refractivity contribution in [3.63, 3.8) is 0 Å². The first-order valence-electron chi connectivity index (χ1n) is 13.0. The summed E-state index contributed by atoms with van der Waals surface area (Å²) in [7, 11) is 0. The highest BCUT2D eigenvalue weighted by molar-refractivity contribution is 6.31. The van der Waals surface area contributed by atoms with Crippen molar-refractivity contribution in [2.24, 2.45) is 4.99 Å². The first-order chi connectivity index (χ1) is 18.4. The number of likely N-dealkylation sites (tertiary alicyclic amines) is 1. The lowest BCUT2D eigenvalue weighted by Crippen LogP contribution is -2.40. The van der Waals surface area contributed by atoms with Crippen LogP contribution in [-0.2, 0) is 9.53 Å². The highest BCUT2D eigenvalue weighted by atomic mass is 35.5. The van der Waals surface area contributed by atoms with Gasteiger partial charge in [-0.15, -0.1) is 0 Å². The van der Waals surface area contributed by atoms with Crippen molar-refractivity contribution in [1.82, 2.24) is 10.2 Å². The molecule has 1 unspecified atom stereocenters. The van der Waals surface area contributed by atoms with E-state index in [-0.39, 0.29) is 28.6 Å². The number of aliphatic imine (C=N–C) groups is 1. The number of amidine groups is 1. The average Bonchev–Trinajstić information content (AvgIpc) is 3.58. The van der Waals surface area contributed by atoms with E-state index < -0.39 is 29.5 Å². The summed E-state index contributed by atoms with van der Waals surface area (Å²) in [6, 6.07) is 5.05. The number of ether oxygens (including phenoxy) is 1. The second kappa shape index (κ2) is 11.4. The number of carbonyl (C=O) groups excluding carboxylic acids is 1. The Hall–Kier alpha value is -3.04. The summed E-state index contributed by atoms with van der Waals surface area (Å²) in [4.78, 5) is 22.2. The number of halogens is 4. The van der Waals surface area contributed by atoms with Crippen LogP contribution in [0.3, 0.4) is 0 Å². The number of esters is 1. The number of carbonyl (C=O) groups is 1. The van der Waals surface area contributed by atoms with Crippen LogP contribution in [0.4, 0.5) is 18.9 Å². The highest BCUT2D eigenvalue weighted by Gasteiger charge is 2.36. The van der Waals surface area contributed by atoms with Crippen LogP contribution in [0.5, 0.6) is 0 Å². The molecule has 2 saturated heterocycles. The molecule has 3 aliphatic rings. The summed E-state index contributed by atoms with van der Waals surface area (Å²) in [6.45, 7) is 5.26. The van der Waals surface area contributed by atoms with Gasteiger partial charge in [0, 0.05) is 42.0 Å². The number of hydrogen-bond acceptors (Lipinski definition) is 6. The number of nitrogens with one attached hydrogen (secondary N) is 1. The zero-order valence-electron chi connectivity index (χ0n) is 21.2. The fraction of sp³-hybridized carbons (Fsp3) is 0.429. The van der Waals surface area contributed by atoms with Gasteiger partial charge in [-0.25, -0.2) is 18.0 Å². The molecule has 0 spiro atoms. The highest BCUT2D eigenvalue weighted by Crippen LogP contribution is 2.38. The number of rotatable bonds is 7. The molecule has 0 aliphatic carbocycles. The fourth-order valence-corrected chi connectivity index (χ4v) is 5.68. The van der Waals surface area contributed by atoms with E-state index in [1.54, 1.807) is 6.92 Å². The molecule has 10 heteroatoms. The molecule has 0 saturated carbocycles. The van der Waals surface area contributed by atoms with E-state index in [4.69, 9.17) is 21.3 Å². The van der Waals surface area contributed by atoms with Gasteiger partial charge in [0.05, 0.1) is 23.4 Å². The molecule has 6 nitrogen and oxygen atoms in total. The molecule has 0 amide bonds. The van der Waals surface area contributed by atoms with Crippen LogP contribution in [0, 0.1) is 17.5 Å². The predicted octanol–water partition coefficient (Wildman–Crippen LogP) is 5.36. The molecule has 3 aliphatic heterocycles. The largest absolute Gasteiger partial charge is 0.463 e. The maximum Gasteiger partial charge on any atom is 0.338 e. The summed E-state index contributed by atoms with van der Waals surface area (Å²) in [5.74, 6) is -2.39. The van der Waals surface area contributed by atoms with Gasteiger partial charge in [-0.3, -0.25) is 9.89 Å². The first kappa shape index (κ1) is 26.6. The van der Waals surface area contributed by atoms with Crippen molar-refractivity contribution in [3.05, 3.63) is 75.2 Å². The average molecular weight is 547 g/mol. The Morgan fingerprint density at radius 1 is 1.05 bits per heavy atom. The summed E-state index contributed by atoms with van der Waals surface area (Å²) in [5.41, 5.74) is 1.66. The number of benzene rings is 2. The minimum absolute atomic E-state index is 0.0849. The van der Waals surface area contributed by atoms with E-state index in [0.29, 0.717) is 36.6 Å². The van der Waals surface area contributed by atoms with Crippen molar-refractivity contribution in [2.75, 3.05) is 44.2 Å². The van der Waals surface area contributed by atoms with E-state index >= 15 is 4.39 Å². The minimum atomic E-state index is -0.980. The molecule has 5 rings (SSSR count). The second-order valence-electron chi connectivity index (χ2n) is 9.74. The van der Waals surface area contributed by atoms with E-state index in [9.17, 15) is 13.6 Å². The molecule has 2 fully saturated rings. The Bertz CT molecular complexity index is 1290. The van der Waals surface area contributed by atoms with Gasteiger partial charge in [-0.05, 0) is 63.9 Å². The van der Waals surface area contributed by atoms with Gasteiger partial charge in [0.1, 0.15) is 29.3 Å². The molecule has 2 aromatic carbocycles. The van der Waals surface area contributed by atoms with Gasteiger partial charge in [-0.2, -0.15) is 0 Å². The number of nitrogens with zero attached hydrogens (tertiary/aromatic N) is 3. The van der Waals surface area contributed by atoms with Gasteiger partial charge in [0.15, 0.2) is 0 Å². The fourth-order valence-electron chi connectivity index (χ4n) is 5.41. The van der Waals surface area contributed by atoms with E-state index in [1.165, 1.54) is 18.2 Å². The van der Waals surface area contributed by atoms with Gasteiger partial charge in [0.2, 0.25) is 0 Å². The molecule has 0 bridgehead atoms. The Labute approximate surface area is 225 Å². The molecule has 1 atom stereocenters. The Morgan fingerprint density at radius 2 is 1.76 bits per heavy atom. The van der Waals surface area contributed by atoms with Crippen molar-refractivity contribution in [2.45, 2.75) is 38.6 Å². The van der Waals surface area contributed by atoms with Crippen LogP contribution in [0.1, 0.15) is 49.8 Å². The van der Waals surface area contributed by atoms with E-state index in [2.05, 4.69) is 10.2 Å². The van der Waals surface area contributed by atoms with Crippen LogP contribution >= 0.6 is 11.6 Å². The van der Waals surface area contributed by atoms with Crippen molar-refractivity contribution in [1.29, 1.82) is 0 Å². The van der Waals surface area contributed by atoms with Crippen LogP contribution in [0.25, 0.3) is 0 Å². The predicted molar refractivity (Wildman–Crippen MR) is 141 cm³/mol. The molecule has 0 radical (unpaired) electrons. The SMILES string of the molecule is CCOC(=O)C1=C(CN2CCCC2)NC(c2c(F)cc(F)cc2N2CCCC2)=NC1c1ccc(F)cc1Cl. The zero-order chi connectivity index (χ0) is 26.8. The summed E-state index contributed by atoms with van der Waals surface area (Å²) in [5, 5.41) is 3.31. The monoisotopic (exact) mass is 546 g/mol. The summed E-state index contributed by atoms with van der Waals surface area (Å²) < 4.78 is 49.3. The quantitative estimate of drug-likeness (QED) is 0.474. The molecule has 3 heterocycles. The molecule has 202 valence electrons. The Morgan fingerprint density at radius 3 is 2.45 bits per heavy atom. The summed E-state index contributed by atoms with van der Waals surface area (Å²) in [6.07, 6.45) is 3.89. The lowest BCUT2D eigenvalue weighted by molar-refractivity contribution is -0.139. The maximum atomic E-state index is 15.5. The van der Waals surface area contributed by atoms with Gasteiger partial charge < -0.3 is 15.0 Å². The van der Waals surface area contributed by atoms with Gasteiger partial charge in [-0.1, -0.05) is 17.7 Å². The normalized spacial score (nSPS) is 20.1. The topological polar surface area (TPSA) is 57.2 Å². The Kier molecular flexibility index (Phi) is 7.95. The second-order valence-corrected chi connectivity index (χ2v) is 10.2. The molecule has 2 aromatic rings. The van der Waals surface area contributed by atoms with Gasteiger partial charge >= 0.3 is 5.97 Å². The third-order valence-electron chi connectivity index (χ3n) is 7.18. The minimum Gasteiger partial charge on any atom is -0.463 e. The standard InChI is InChI=1S/C28H30ClF3N4O2/c1-2-38-28(37)25-22(16-35-9-3-4-10-35)33-27(34-26(25)19-8-7-17(30)13-20(19)29)24-21(32)14-18(31)15-23(24)36-11-5-6-12-36/h7-8,13-15,26H,2-6,9-12,16H2,1H3,(H,33,34). The molecular formula is C28H30ClF3N4O2. The smallest absolute Gasteiger partial charge is 0.338 e. The Balaban J connectivity index is 1.69. The first-order valence-corrected chi connectivity index (χ1v) is 13.4. The van der Waals surface area contributed by atoms with Crippen LogP contribution < -0.4 is 10.2 Å². The van der Waals surface area contributed by atoms with Crippen molar-refractivity contribution < 1.29 is 22.7 Å². The van der Waals surface area contributed by atoms with Crippen molar-refractivity contribution >= 4 is 29.1 Å². The van der Waals surface area contributed by atoms with E-state index in [0.717, 1.165) is 50.9 Å². The molecule has 0 aromatic heterocycles. The molecular weight excluding hydrogens is 517 g/mol. The third kappa shape index (κ3) is 5.40. The van der Waals surface area contributed by atoms with Crippen LogP contribution in [0.2, 0.25) is 5.02 Å². The lowest BCUT2D eigenvalue weighted by atomic mass is 9.94. The zero-order valence-corrected chi connectivity index (χ0v) is 22.0. The van der Waals surface area contributed by atoms with Crippen molar-refractivity contribution in [3.8, 4) is 0 Å². The number of anilines is 1. The van der Waals surface area contributed by atoms with Crippen LogP contribution in [0.15, 0.2) is 46.6 Å². The van der Waals surface area contributed by atoms with Crippen LogP contribution in [-0.4, -0.2) is 56.0 Å². The van der Waals surface area contributed by atoms with E-state index in [1.807, 2.05) is 4.90 Å². The molecule has 38 heavy (non-hydrogen) atoms. The summed E-state index contributed by atoms with van der Waals surface area (Å²) >= 11 is 6.46. The maximum absolute atomic E-state index is 15.5. The third-order valence-corrected chi connectivity index (χ3v) is 7.50. The van der Waals surface area contributed by atoms with Gasteiger partial charge in [0.25, 0.3) is 0 Å². The molecule has 1 N–H and O–H groups in total. The lowest BCUT2D eigenvalue weighted by Gasteiger charge is -2.31.